The Morgan fingerprint density at radius 2 is 2.00 bits per heavy atom. The van der Waals surface area contributed by atoms with Crippen LogP contribution in [0.3, 0.4) is 0 Å². The third-order valence-electron chi connectivity index (χ3n) is 2.51. The maximum Gasteiger partial charge on any atom is 0.155 e. The third kappa shape index (κ3) is 4.34. The normalized spacial score (nSPS) is 11.8. The Bertz CT molecular complexity index is 498. The lowest BCUT2D eigenvalue weighted by Crippen LogP contribution is -2.22. The second kappa shape index (κ2) is 6.64. The Balaban J connectivity index is 2.65. The molecule has 0 spiro atoms. The molecule has 3 nitrogen and oxygen atoms in total. The van der Waals surface area contributed by atoms with E-state index in [1.54, 1.807) is 32.0 Å². The van der Waals surface area contributed by atoms with Gasteiger partial charge in [-0.15, -0.1) is 11.6 Å². The summed E-state index contributed by atoms with van der Waals surface area (Å²) < 4.78 is 28.7. The quantitative estimate of drug-likeness (QED) is 0.757. The molecule has 0 saturated heterocycles. The van der Waals surface area contributed by atoms with Crippen molar-refractivity contribution in [1.82, 2.24) is 0 Å². The van der Waals surface area contributed by atoms with Gasteiger partial charge in [0, 0.05) is 10.6 Å². The molecule has 0 aromatic heterocycles. The van der Waals surface area contributed by atoms with Crippen molar-refractivity contribution in [1.29, 1.82) is 0 Å². The summed E-state index contributed by atoms with van der Waals surface area (Å²) in [5.74, 6) is 0.843. The molecule has 102 valence electrons. The predicted molar refractivity (Wildman–Crippen MR) is 75.4 cm³/mol. The van der Waals surface area contributed by atoms with Gasteiger partial charge in [-0.1, -0.05) is 11.6 Å². The number of sulfone groups is 1. The molecule has 0 bridgehead atoms. The number of rotatable bonds is 6. The van der Waals surface area contributed by atoms with Crippen LogP contribution in [0.25, 0.3) is 0 Å². The van der Waals surface area contributed by atoms with E-state index in [2.05, 4.69) is 0 Å². The van der Waals surface area contributed by atoms with Crippen LogP contribution in [0.2, 0.25) is 5.02 Å². The fourth-order valence-electron chi connectivity index (χ4n) is 1.30. The minimum absolute atomic E-state index is 0.00494. The van der Waals surface area contributed by atoms with Gasteiger partial charge >= 0.3 is 0 Å². The Hall–Kier alpha value is -0.450. The summed E-state index contributed by atoms with van der Waals surface area (Å²) in [5, 5.41) is 0.187. The van der Waals surface area contributed by atoms with Crippen LogP contribution in [0.1, 0.15) is 19.4 Å². The molecule has 18 heavy (non-hydrogen) atoms. The molecule has 0 fully saturated rings. The molecular formula is C12H16Cl2O3S. The van der Waals surface area contributed by atoms with E-state index in [0.717, 1.165) is 5.56 Å². The molecule has 1 aromatic rings. The van der Waals surface area contributed by atoms with E-state index in [4.69, 9.17) is 27.9 Å². The van der Waals surface area contributed by atoms with E-state index < -0.39 is 9.84 Å². The van der Waals surface area contributed by atoms with Gasteiger partial charge < -0.3 is 4.74 Å². The Kier molecular flexibility index (Phi) is 5.76. The molecule has 0 aliphatic heterocycles. The van der Waals surface area contributed by atoms with E-state index in [0.29, 0.717) is 10.8 Å². The lowest BCUT2D eigenvalue weighted by atomic mass is 10.2. The number of alkyl halides is 1. The average molecular weight is 311 g/mol. The topological polar surface area (TPSA) is 43.4 Å². The molecule has 0 amide bonds. The summed E-state index contributed by atoms with van der Waals surface area (Å²) in [4.78, 5) is 0. The largest absolute Gasteiger partial charge is 0.492 e. The van der Waals surface area contributed by atoms with Gasteiger partial charge in [0.15, 0.2) is 9.84 Å². The van der Waals surface area contributed by atoms with Gasteiger partial charge in [0.05, 0.1) is 16.9 Å². The van der Waals surface area contributed by atoms with Crippen LogP contribution in [0.5, 0.6) is 5.75 Å². The van der Waals surface area contributed by atoms with Crippen LogP contribution < -0.4 is 4.74 Å². The molecule has 0 aliphatic carbocycles. The zero-order valence-corrected chi connectivity index (χ0v) is 12.6. The van der Waals surface area contributed by atoms with E-state index in [1.165, 1.54) is 0 Å². The zero-order chi connectivity index (χ0) is 13.8. The molecule has 0 radical (unpaired) electrons. The van der Waals surface area contributed by atoms with Gasteiger partial charge in [-0.3, -0.25) is 0 Å². The number of hydrogen-bond acceptors (Lipinski definition) is 3. The molecule has 0 unspecified atom stereocenters. The highest BCUT2D eigenvalue weighted by Gasteiger charge is 2.16. The zero-order valence-electron chi connectivity index (χ0n) is 10.3. The van der Waals surface area contributed by atoms with Crippen LogP contribution in [0.15, 0.2) is 18.2 Å². The summed E-state index contributed by atoms with van der Waals surface area (Å²) >= 11 is 11.6. The first kappa shape index (κ1) is 15.6. The molecule has 0 saturated carbocycles. The summed E-state index contributed by atoms with van der Waals surface area (Å²) in [7, 11) is -3.08. The van der Waals surface area contributed by atoms with Crippen LogP contribution in [-0.4, -0.2) is 26.0 Å². The third-order valence-corrected chi connectivity index (χ3v) is 5.21. The first-order chi connectivity index (χ1) is 8.36. The maximum atomic E-state index is 11.6. The minimum atomic E-state index is -3.08. The highest BCUT2D eigenvalue weighted by atomic mass is 35.5. The minimum Gasteiger partial charge on any atom is -0.492 e. The SMILES string of the molecule is CC(C)S(=O)(=O)CCOc1ccc(Cl)cc1CCl. The number of halogens is 2. The number of benzene rings is 1. The summed E-state index contributed by atoms with van der Waals surface area (Å²) in [6, 6.07) is 5.09. The van der Waals surface area contributed by atoms with Crippen molar-refractivity contribution >= 4 is 33.0 Å². The molecule has 6 heteroatoms. The summed E-state index contributed by atoms with van der Waals surface area (Å²) in [5.41, 5.74) is 0.756. The first-order valence-electron chi connectivity index (χ1n) is 5.55. The standard InChI is InChI=1S/C12H16Cl2O3S/c1-9(2)18(15,16)6-5-17-12-4-3-11(14)7-10(12)8-13/h3-4,7,9H,5-6,8H2,1-2H3. The Morgan fingerprint density at radius 1 is 1.33 bits per heavy atom. The second-order valence-electron chi connectivity index (χ2n) is 4.15. The van der Waals surface area contributed by atoms with Gasteiger partial charge in [0.25, 0.3) is 0 Å². The van der Waals surface area contributed by atoms with E-state index >= 15 is 0 Å². The summed E-state index contributed by atoms with van der Waals surface area (Å²) in [6.07, 6.45) is 0. The van der Waals surface area contributed by atoms with E-state index in [9.17, 15) is 8.42 Å². The van der Waals surface area contributed by atoms with Crippen molar-refractivity contribution in [2.24, 2.45) is 0 Å². The molecule has 0 atom stereocenters. The first-order valence-corrected chi connectivity index (χ1v) is 8.18. The van der Waals surface area contributed by atoms with E-state index in [1.807, 2.05) is 0 Å². The average Bonchev–Trinajstić information content (AvgIpc) is 2.30. The lowest BCUT2D eigenvalue weighted by Gasteiger charge is -2.11. The van der Waals surface area contributed by atoms with Crippen molar-refractivity contribution < 1.29 is 13.2 Å². The van der Waals surface area contributed by atoms with E-state index in [-0.39, 0.29) is 23.5 Å². The highest BCUT2D eigenvalue weighted by Crippen LogP contribution is 2.24. The monoisotopic (exact) mass is 310 g/mol. The molecule has 0 aliphatic rings. The Labute approximate surface area is 118 Å². The molecular weight excluding hydrogens is 295 g/mol. The van der Waals surface area contributed by atoms with Gasteiger partial charge in [0.2, 0.25) is 0 Å². The van der Waals surface area contributed by atoms with Gasteiger partial charge in [-0.2, -0.15) is 0 Å². The molecule has 0 heterocycles. The number of ether oxygens (including phenoxy) is 1. The van der Waals surface area contributed by atoms with Gasteiger partial charge in [0.1, 0.15) is 12.4 Å². The van der Waals surface area contributed by atoms with Crippen molar-refractivity contribution in [3.8, 4) is 5.75 Å². The van der Waals surface area contributed by atoms with Crippen molar-refractivity contribution in [3.63, 3.8) is 0 Å². The predicted octanol–water partition coefficient (Wildman–Crippen LogP) is 3.28. The fourth-order valence-corrected chi connectivity index (χ4v) is 2.49. The lowest BCUT2D eigenvalue weighted by molar-refractivity contribution is 0.338. The fraction of sp³-hybridized carbons (Fsp3) is 0.500. The number of hydrogen-bond donors (Lipinski definition) is 0. The van der Waals surface area contributed by atoms with Crippen molar-refractivity contribution in [2.75, 3.05) is 12.4 Å². The Morgan fingerprint density at radius 3 is 2.56 bits per heavy atom. The van der Waals surface area contributed by atoms with Gasteiger partial charge in [-0.05, 0) is 32.0 Å². The molecule has 0 N–H and O–H groups in total. The smallest absolute Gasteiger partial charge is 0.155 e. The summed E-state index contributed by atoms with van der Waals surface area (Å²) in [6.45, 7) is 3.43. The van der Waals surface area contributed by atoms with Crippen LogP contribution in [0.4, 0.5) is 0 Å². The van der Waals surface area contributed by atoms with Crippen LogP contribution in [0, 0.1) is 0 Å². The molecule has 1 aromatic carbocycles. The van der Waals surface area contributed by atoms with Crippen molar-refractivity contribution in [3.05, 3.63) is 28.8 Å². The van der Waals surface area contributed by atoms with Crippen LogP contribution in [-0.2, 0) is 15.7 Å². The highest BCUT2D eigenvalue weighted by molar-refractivity contribution is 7.91. The van der Waals surface area contributed by atoms with Crippen LogP contribution >= 0.6 is 23.2 Å². The van der Waals surface area contributed by atoms with Gasteiger partial charge in [-0.25, -0.2) is 8.42 Å². The molecule has 1 rings (SSSR count). The second-order valence-corrected chi connectivity index (χ2v) is 7.53. The van der Waals surface area contributed by atoms with Crippen molar-refractivity contribution in [2.45, 2.75) is 25.0 Å². The maximum absolute atomic E-state index is 11.6.